The highest BCUT2D eigenvalue weighted by Crippen LogP contribution is 2.38. The second kappa shape index (κ2) is 17.0. The van der Waals surface area contributed by atoms with Crippen LogP contribution in [0, 0.1) is 0 Å². The lowest BCUT2D eigenvalue weighted by Gasteiger charge is -2.48. The van der Waals surface area contributed by atoms with E-state index in [4.69, 9.17) is 9.47 Å². The van der Waals surface area contributed by atoms with Crippen LogP contribution in [0.1, 0.15) is 93.1 Å². The summed E-state index contributed by atoms with van der Waals surface area (Å²) in [6.07, 6.45) is 8.07. The van der Waals surface area contributed by atoms with Gasteiger partial charge in [-0.15, -0.1) is 15.3 Å². The van der Waals surface area contributed by atoms with Crippen molar-refractivity contribution in [1.29, 1.82) is 0 Å². The monoisotopic (exact) mass is 839 g/mol. The number of halogens is 2. The molecule has 8 rings (SSSR count). The molecule has 6 heterocycles. The summed E-state index contributed by atoms with van der Waals surface area (Å²) >= 11 is 1.48. The summed E-state index contributed by atoms with van der Waals surface area (Å²) in [4.78, 5) is 2.25. The number of nitrogens with zero attached hydrogens (tertiary/aromatic N) is 7. The van der Waals surface area contributed by atoms with Gasteiger partial charge in [-0.3, -0.25) is 10.2 Å². The van der Waals surface area contributed by atoms with Gasteiger partial charge >= 0.3 is 5.19 Å². The molecule has 6 aromatic rings. The molecule has 0 unspecified atom stereocenters. The first-order chi connectivity index (χ1) is 28.3. The van der Waals surface area contributed by atoms with E-state index >= 15 is 0 Å². The van der Waals surface area contributed by atoms with Crippen LogP contribution in [0.2, 0.25) is 0 Å². The first-order valence-corrected chi connectivity index (χ1v) is 21.0. The van der Waals surface area contributed by atoms with E-state index < -0.39 is 6.43 Å². The fourth-order valence-electron chi connectivity index (χ4n) is 8.88. The first-order valence-electron chi connectivity index (χ1n) is 20.2. The zero-order valence-corrected chi connectivity index (χ0v) is 36.5. The third-order valence-corrected chi connectivity index (χ3v) is 11.7. The van der Waals surface area contributed by atoms with Crippen molar-refractivity contribution in [3.8, 4) is 50.3 Å². The molecule has 0 aliphatic carbocycles. The molecule has 2 aliphatic rings. The second-order valence-electron chi connectivity index (χ2n) is 18.4. The van der Waals surface area contributed by atoms with Crippen molar-refractivity contribution in [2.24, 2.45) is 0 Å². The Morgan fingerprint density at radius 1 is 0.683 bits per heavy atom. The Kier molecular flexibility index (Phi) is 12.1. The molecule has 16 heteroatoms. The lowest BCUT2D eigenvalue weighted by molar-refractivity contribution is 0.0524. The van der Waals surface area contributed by atoms with Gasteiger partial charge in [0.2, 0.25) is 11.0 Å². The SMILES string of the molecule is CC1(C)CC(Oc2ccc(-c3ccc(-c4cn[nH]c4)cc3C(F)F)nn2)CC(C)(C)N1.CN(c1nnc(Oc2ccc(-c3cn[nH]c3)cc2)s1)C1CC(C)(C)NC(C)(C)C1. The standard InChI is InChI=1S/C23H27F2N5O.C21H28N6OS/c1-22(2)10-16(11-23(3,4)30-22)31-20-8-7-19(28-29-20)17-6-5-14(9-18(17)21(24)25)15-12-26-27-13-15;1-20(2)10-16(11-21(3,4)26-20)27(5)18-24-25-19(29-18)28-17-8-6-14(7-9-17)15-12-22-23-13-15/h5-9,12-13,16,21,30H,10-11H2,1-4H3,(H,26,27);6-9,12-13,16,26H,10-11H2,1-5H3,(H,22,23). The molecule has 4 N–H and O–H groups in total. The summed E-state index contributed by atoms with van der Waals surface area (Å²) in [6.45, 7) is 17.6. The van der Waals surface area contributed by atoms with Crippen LogP contribution in [-0.2, 0) is 0 Å². The Hall–Kier alpha value is -5.32. The van der Waals surface area contributed by atoms with Crippen molar-refractivity contribution < 1.29 is 18.3 Å². The number of benzene rings is 2. The largest absolute Gasteiger partial charge is 0.473 e. The average molecular weight is 840 g/mol. The van der Waals surface area contributed by atoms with E-state index in [2.05, 4.69) is 119 Å². The Bertz CT molecular complexity index is 2280. The van der Waals surface area contributed by atoms with Gasteiger partial charge in [0.15, 0.2) is 0 Å². The Labute approximate surface area is 354 Å². The maximum atomic E-state index is 13.8. The molecule has 4 aromatic heterocycles. The van der Waals surface area contributed by atoms with Crippen LogP contribution in [0.4, 0.5) is 13.9 Å². The molecular weight excluding hydrogens is 785 g/mol. The number of ether oxygens (including phenoxy) is 2. The quantitative estimate of drug-likeness (QED) is 0.104. The number of H-pyrrole nitrogens is 2. The highest BCUT2D eigenvalue weighted by atomic mass is 32.1. The summed E-state index contributed by atoms with van der Waals surface area (Å²) in [5.41, 5.74) is 4.24. The second-order valence-corrected chi connectivity index (χ2v) is 19.3. The van der Waals surface area contributed by atoms with Gasteiger partial charge < -0.3 is 25.0 Å². The van der Waals surface area contributed by atoms with Gasteiger partial charge in [-0.1, -0.05) is 29.4 Å². The van der Waals surface area contributed by atoms with Gasteiger partial charge in [0.25, 0.3) is 6.43 Å². The number of anilines is 1. The fourth-order valence-corrected chi connectivity index (χ4v) is 9.63. The minimum absolute atomic E-state index is 0.00253. The van der Waals surface area contributed by atoms with Crippen molar-refractivity contribution >= 4 is 16.5 Å². The van der Waals surface area contributed by atoms with Gasteiger partial charge in [0, 0.05) is 88.8 Å². The molecule has 0 spiro atoms. The van der Waals surface area contributed by atoms with E-state index in [-0.39, 0.29) is 33.8 Å². The molecule has 0 radical (unpaired) electrons. The maximum absolute atomic E-state index is 13.8. The van der Waals surface area contributed by atoms with E-state index in [0.717, 1.165) is 53.3 Å². The third kappa shape index (κ3) is 10.7. The normalized spacial score (nSPS) is 18.4. The molecule has 0 atom stereocenters. The predicted molar refractivity (Wildman–Crippen MR) is 232 cm³/mol. The molecule has 0 amide bonds. The third-order valence-electron chi connectivity index (χ3n) is 10.8. The number of nitrogens with one attached hydrogen (secondary N) is 4. The minimum Gasteiger partial charge on any atom is -0.473 e. The van der Waals surface area contributed by atoms with Gasteiger partial charge in [-0.25, -0.2) is 8.78 Å². The Balaban J connectivity index is 0.000000182. The molecule has 60 heavy (non-hydrogen) atoms. The van der Waals surface area contributed by atoms with Crippen LogP contribution >= 0.6 is 11.3 Å². The number of aromatic nitrogens is 8. The summed E-state index contributed by atoms with van der Waals surface area (Å²) in [5.74, 6) is 1.14. The van der Waals surface area contributed by atoms with Crippen LogP contribution in [-0.4, -0.2) is 82.1 Å². The first kappa shape index (κ1) is 42.8. The molecule has 0 bridgehead atoms. The fraction of sp³-hybridized carbons (Fsp3) is 0.455. The highest BCUT2D eigenvalue weighted by Gasteiger charge is 2.40. The lowest BCUT2D eigenvalue weighted by Crippen LogP contribution is -2.61. The summed E-state index contributed by atoms with van der Waals surface area (Å²) < 4.78 is 39.6. The van der Waals surface area contributed by atoms with Gasteiger partial charge in [0.05, 0.1) is 18.1 Å². The van der Waals surface area contributed by atoms with Crippen molar-refractivity contribution in [2.45, 2.75) is 122 Å². The predicted octanol–water partition coefficient (Wildman–Crippen LogP) is 9.63. The number of rotatable bonds is 10. The van der Waals surface area contributed by atoms with Crippen LogP contribution in [0.5, 0.6) is 16.8 Å². The van der Waals surface area contributed by atoms with E-state index in [9.17, 15) is 8.78 Å². The van der Waals surface area contributed by atoms with Crippen molar-refractivity contribution in [3.63, 3.8) is 0 Å². The van der Waals surface area contributed by atoms with Gasteiger partial charge in [-0.05, 0) is 115 Å². The molecule has 2 saturated heterocycles. The number of alkyl halides is 2. The highest BCUT2D eigenvalue weighted by molar-refractivity contribution is 7.17. The molecule has 2 fully saturated rings. The van der Waals surface area contributed by atoms with E-state index in [1.807, 2.05) is 30.5 Å². The summed E-state index contributed by atoms with van der Waals surface area (Å²) in [5, 5.41) is 39.1. The Morgan fingerprint density at radius 3 is 1.82 bits per heavy atom. The molecular formula is C44H55F2N11O2S. The number of piperidine rings is 2. The van der Waals surface area contributed by atoms with Gasteiger partial charge in [0.1, 0.15) is 11.9 Å². The summed E-state index contributed by atoms with van der Waals surface area (Å²) in [6, 6.07) is 16.6. The zero-order valence-electron chi connectivity index (χ0n) is 35.7. The van der Waals surface area contributed by atoms with Crippen molar-refractivity contribution in [3.05, 3.63) is 84.9 Å². The van der Waals surface area contributed by atoms with Crippen LogP contribution in [0.15, 0.2) is 79.4 Å². The van der Waals surface area contributed by atoms with E-state index in [1.165, 1.54) is 17.4 Å². The van der Waals surface area contributed by atoms with Crippen LogP contribution in [0.25, 0.3) is 33.5 Å². The molecule has 2 aromatic carbocycles. The van der Waals surface area contributed by atoms with Crippen molar-refractivity contribution in [2.75, 3.05) is 11.9 Å². The summed E-state index contributed by atoms with van der Waals surface area (Å²) in [7, 11) is 2.10. The van der Waals surface area contributed by atoms with Crippen LogP contribution in [0.3, 0.4) is 0 Å². The van der Waals surface area contributed by atoms with Crippen LogP contribution < -0.4 is 25.0 Å². The Morgan fingerprint density at radius 2 is 1.27 bits per heavy atom. The molecule has 0 saturated carbocycles. The van der Waals surface area contributed by atoms with E-state index in [1.54, 1.807) is 42.9 Å². The van der Waals surface area contributed by atoms with Gasteiger partial charge in [-0.2, -0.15) is 10.2 Å². The topological polar surface area (TPSA) is 155 Å². The molecule has 13 nitrogen and oxygen atoms in total. The smallest absolute Gasteiger partial charge is 0.301 e. The number of aromatic amines is 2. The molecule has 2 aliphatic heterocycles. The number of hydrogen-bond acceptors (Lipinski definition) is 12. The van der Waals surface area contributed by atoms with E-state index in [0.29, 0.717) is 33.9 Å². The lowest BCUT2D eigenvalue weighted by atomic mass is 9.79. The zero-order chi connectivity index (χ0) is 42.9. The molecule has 318 valence electrons. The average Bonchev–Trinajstić information content (AvgIpc) is 3.97. The number of hydrogen-bond donors (Lipinski definition) is 4. The minimum atomic E-state index is -2.64. The van der Waals surface area contributed by atoms with Crippen molar-refractivity contribution in [1.82, 2.24) is 51.4 Å². The maximum Gasteiger partial charge on any atom is 0.301 e.